The third-order valence-electron chi connectivity index (χ3n) is 6.90. The highest BCUT2D eigenvalue weighted by atomic mass is 14.7. The van der Waals surface area contributed by atoms with E-state index in [0.29, 0.717) is 22.7 Å². The quantitative estimate of drug-likeness (QED) is 0.638. The van der Waals surface area contributed by atoms with Gasteiger partial charge in [-0.2, -0.15) is 0 Å². The zero-order valence-electron chi connectivity index (χ0n) is 12.5. The average molecular weight is 229 g/mol. The lowest BCUT2D eigenvalue weighted by Gasteiger charge is -2.50. The highest BCUT2D eigenvalue weighted by Gasteiger charge is 2.64. The Hall–Kier alpha value is 0.130. The zero-order valence-corrected chi connectivity index (χ0v) is 12.5. The molecule has 0 heterocycles. The summed E-state index contributed by atoms with van der Waals surface area (Å²) in [7, 11) is 9.06. The van der Waals surface area contributed by atoms with Crippen molar-refractivity contribution in [2.75, 3.05) is 0 Å². The van der Waals surface area contributed by atoms with Crippen LogP contribution in [0.4, 0.5) is 0 Å². The number of rotatable bonds is 3. The van der Waals surface area contributed by atoms with Crippen LogP contribution in [0, 0.1) is 28.6 Å². The summed E-state index contributed by atoms with van der Waals surface area (Å²) in [5.41, 5.74) is 0.906. The van der Waals surface area contributed by atoms with Gasteiger partial charge in [0.25, 0.3) is 0 Å². The average Bonchev–Trinajstić information content (AvgIpc) is 2.59. The van der Waals surface area contributed by atoms with Gasteiger partial charge in [0.15, 0.2) is 0 Å². The van der Waals surface area contributed by atoms with Crippen LogP contribution in [0.3, 0.4) is 0 Å². The van der Waals surface area contributed by atoms with E-state index < -0.39 is 0 Å². The molecule has 2 aliphatic rings. The molecule has 0 aromatic carbocycles. The van der Waals surface area contributed by atoms with Crippen molar-refractivity contribution in [3.63, 3.8) is 0 Å². The van der Waals surface area contributed by atoms with E-state index in [-0.39, 0.29) is 5.21 Å². The molecule has 2 fully saturated rings. The molecular formula is C15H27B2. The van der Waals surface area contributed by atoms with E-state index in [0.717, 1.165) is 5.92 Å². The van der Waals surface area contributed by atoms with Gasteiger partial charge in [-0.25, -0.2) is 0 Å². The fourth-order valence-electron chi connectivity index (χ4n) is 4.90. The molecule has 17 heavy (non-hydrogen) atoms. The molecule has 0 saturated heterocycles. The summed E-state index contributed by atoms with van der Waals surface area (Å²) in [4.78, 5) is 0. The first-order valence-electron chi connectivity index (χ1n) is 7.29. The second-order valence-electron chi connectivity index (χ2n) is 7.61. The smallest absolute Gasteiger partial charge is 0.0921 e. The van der Waals surface area contributed by atoms with Gasteiger partial charge in [-0.05, 0) is 41.9 Å². The van der Waals surface area contributed by atoms with Crippen LogP contribution in [0.15, 0.2) is 0 Å². The van der Waals surface area contributed by atoms with Crippen molar-refractivity contribution < 1.29 is 0 Å². The van der Waals surface area contributed by atoms with Gasteiger partial charge >= 0.3 is 0 Å². The Bertz CT molecular complexity index is 310. The van der Waals surface area contributed by atoms with Crippen LogP contribution < -0.4 is 0 Å². The maximum absolute atomic E-state index is 6.78. The monoisotopic (exact) mass is 229 g/mol. The molecule has 2 rings (SSSR count). The van der Waals surface area contributed by atoms with E-state index in [1.54, 1.807) is 0 Å². The molecule has 0 nitrogen and oxygen atoms in total. The molecule has 2 saturated carbocycles. The fourth-order valence-corrected chi connectivity index (χ4v) is 4.90. The van der Waals surface area contributed by atoms with E-state index in [1.807, 2.05) is 0 Å². The minimum Gasteiger partial charge on any atom is -0.0921 e. The largest absolute Gasteiger partial charge is 0.103 e. The molecule has 0 N–H and O–H groups in total. The summed E-state index contributed by atoms with van der Waals surface area (Å²) in [6, 6.07) is 0. The fraction of sp³-hybridized carbons (Fsp3) is 1.00. The predicted molar refractivity (Wildman–Crippen MR) is 77.6 cm³/mol. The summed E-state index contributed by atoms with van der Waals surface area (Å²) in [6.45, 7) is 14.2. The first kappa shape index (κ1) is 13.6. The van der Waals surface area contributed by atoms with Crippen LogP contribution in [0.25, 0.3) is 0 Å². The van der Waals surface area contributed by atoms with Gasteiger partial charge in [-0.15, -0.1) is 0 Å². The number of hydrogen-bond donors (Lipinski definition) is 0. The van der Waals surface area contributed by atoms with Crippen molar-refractivity contribution in [1.29, 1.82) is 0 Å². The first-order chi connectivity index (χ1) is 7.70. The van der Waals surface area contributed by atoms with E-state index >= 15 is 0 Å². The second kappa shape index (κ2) is 3.81. The normalized spacial score (nSPS) is 42.8. The second-order valence-corrected chi connectivity index (χ2v) is 7.61. The molecule has 0 aromatic rings. The van der Waals surface area contributed by atoms with E-state index in [9.17, 15) is 0 Å². The van der Waals surface area contributed by atoms with Gasteiger partial charge < -0.3 is 0 Å². The summed E-state index contributed by atoms with van der Waals surface area (Å²) in [6.07, 6.45) is 4.12. The minimum absolute atomic E-state index is 0.0822. The molecule has 2 aliphatic carbocycles. The highest BCUT2D eigenvalue weighted by molar-refractivity contribution is 6.53. The number of hydrogen-bond acceptors (Lipinski definition) is 0. The lowest BCUT2D eigenvalue weighted by molar-refractivity contribution is 0.0810. The van der Waals surface area contributed by atoms with Crippen molar-refractivity contribution in [3.05, 3.63) is 0 Å². The van der Waals surface area contributed by atoms with Gasteiger partial charge in [0.05, 0.1) is 7.85 Å². The summed E-state index contributed by atoms with van der Waals surface area (Å²) >= 11 is 0. The lowest BCUT2D eigenvalue weighted by atomic mass is 9.32. The Balaban J connectivity index is 2.37. The van der Waals surface area contributed by atoms with E-state index in [4.69, 9.17) is 7.85 Å². The molecule has 93 valence electrons. The Morgan fingerprint density at radius 2 is 1.88 bits per heavy atom. The molecular weight excluding hydrogens is 202 g/mol. The summed E-state index contributed by atoms with van der Waals surface area (Å²) in [5.74, 6) is 2.08. The van der Waals surface area contributed by atoms with Gasteiger partial charge in [0.2, 0.25) is 0 Å². The maximum atomic E-state index is 6.78. The van der Waals surface area contributed by atoms with E-state index in [1.165, 1.54) is 19.3 Å². The van der Waals surface area contributed by atoms with Crippen molar-refractivity contribution >= 4 is 15.1 Å². The lowest BCUT2D eigenvalue weighted by Crippen LogP contribution is -2.43. The third-order valence-corrected chi connectivity index (χ3v) is 6.90. The standard InChI is InChI=1S/C15H27B2/c1-10(2)15(16,17-6)12-9-11-7-8-14(12,5)13(11,3)4/h10-12H,7-9H2,1-6H3. The van der Waals surface area contributed by atoms with Crippen LogP contribution in [-0.2, 0) is 0 Å². The van der Waals surface area contributed by atoms with Crippen LogP contribution in [0.1, 0.15) is 53.9 Å². The van der Waals surface area contributed by atoms with Crippen molar-refractivity contribution in [2.24, 2.45) is 28.6 Å². The Kier molecular flexibility index (Phi) is 3.04. The van der Waals surface area contributed by atoms with E-state index in [2.05, 4.69) is 48.7 Å². The minimum atomic E-state index is -0.0822. The van der Waals surface area contributed by atoms with Gasteiger partial charge in [-0.1, -0.05) is 52.6 Å². The molecule has 0 amide bonds. The Morgan fingerprint density at radius 1 is 1.29 bits per heavy atom. The highest BCUT2D eigenvalue weighted by Crippen LogP contribution is 2.73. The molecule has 3 radical (unpaired) electrons. The van der Waals surface area contributed by atoms with Crippen LogP contribution in [-0.4, -0.2) is 15.1 Å². The maximum Gasteiger partial charge on any atom is 0.103 e. The van der Waals surface area contributed by atoms with Crippen molar-refractivity contribution in [1.82, 2.24) is 0 Å². The molecule has 4 unspecified atom stereocenters. The number of fused-ring (bicyclic) bond motifs is 2. The topological polar surface area (TPSA) is 0 Å². The van der Waals surface area contributed by atoms with Gasteiger partial charge in [0, 0.05) is 0 Å². The molecule has 0 aliphatic heterocycles. The van der Waals surface area contributed by atoms with Gasteiger partial charge in [-0.3, -0.25) is 0 Å². The Labute approximate surface area is 110 Å². The molecule has 0 spiro atoms. The molecule has 0 aromatic heterocycles. The van der Waals surface area contributed by atoms with Gasteiger partial charge in [0.1, 0.15) is 7.28 Å². The van der Waals surface area contributed by atoms with Crippen LogP contribution in [0.2, 0.25) is 12.0 Å². The molecule has 2 bridgehead atoms. The van der Waals surface area contributed by atoms with Crippen molar-refractivity contribution in [2.45, 2.75) is 65.9 Å². The zero-order chi connectivity index (χ0) is 13.1. The summed E-state index contributed by atoms with van der Waals surface area (Å²) < 4.78 is 0. The Morgan fingerprint density at radius 3 is 2.18 bits per heavy atom. The summed E-state index contributed by atoms with van der Waals surface area (Å²) in [5, 5.41) is -0.0822. The van der Waals surface area contributed by atoms with Crippen LogP contribution in [0.5, 0.6) is 0 Å². The third kappa shape index (κ3) is 1.51. The predicted octanol–water partition coefficient (Wildman–Crippen LogP) is 4.14. The van der Waals surface area contributed by atoms with Crippen LogP contribution >= 0.6 is 0 Å². The molecule has 2 heteroatoms. The SMILES string of the molecule is [B]C([B]C)(C(C)C)C1CC2CCC1(C)C2(C)C. The first-order valence-corrected chi connectivity index (χ1v) is 7.29. The van der Waals surface area contributed by atoms with Crippen molar-refractivity contribution in [3.8, 4) is 0 Å². The molecule has 4 atom stereocenters.